The van der Waals surface area contributed by atoms with Gasteiger partial charge in [-0.15, -0.1) is 0 Å². The van der Waals surface area contributed by atoms with Gasteiger partial charge >= 0.3 is 5.97 Å². The molecule has 18 nitrogen and oxygen atoms in total. The van der Waals surface area contributed by atoms with E-state index in [4.69, 9.17) is 45.1 Å². The molecule has 0 aliphatic carbocycles. The second-order valence-electron chi connectivity index (χ2n) is 23.0. The summed E-state index contributed by atoms with van der Waals surface area (Å²) in [6, 6.07) is 7.38. The van der Waals surface area contributed by atoms with E-state index in [2.05, 4.69) is 29.0 Å². The van der Waals surface area contributed by atoms with Crippen LogP contribution < -0.4 is 5.32 Å². The van der Waals surface area contributed by atoms with Gasteiger partial charge in [0.25, 0.3) is 0 Å². The van der Waals surface area contributed by atoms with E-state index >= 15 is 0 Å². The molecule has 2 aromatic rings. The second kappa shape index (κ2) is 28.7. The van der Waals surface area contributed by atoms with Gasteiger partial charge in [0.05, 0.1) is 53.7 Å². The summed E-state index contributed by atoms with van der Waals surface area (Å²) >= 11 is 6.03. The van der Waals surface area contributed by atoms with Crippen molar-refractivity contribution in [3.8, 4) is 0 Å². The largest absolute Gasteiger partial charge is 0.459 e. The Morgan fingerprint density at radius 2 is 1.65 bits per heavy atom. The highest BCUT2D eigenvalue weighted by Gasteiger charge is 2.53. The van der Waals surface area contributed by atoms with E-state index in [1.807, 2.05) is 82.2 Å². The molecule has 75 heavy (non-hydrogen) atoms. The van der Waals surface area contributed by atoms with E-state index in [1.54, 1.807) is 41.5 Å². The summed E-state index contributed by atoms with van der Waals surface area (Å²) in [5.41, 5.74) is -2.36. The Bertz CT molecular complexity index is 2040. The topological polar surface area (TPSA) is 228 Å². The molecular formula is C56H98ClN5O13. The maximum absolute atomic E-state index is 14.2. The monoisotopic (exact) mass is 1080 g/mol. The normalized spacial score (nSPS) is 38.3. The molecule has 0 bridgehead atoms. The molecule has 1 unspecified atom stereocenters. The van der Waals surface area contributed by atoms with Gasteiger partial charge in [-0.05, 0) is 152 Å². The number of aliphatic hydroxyl groups excluding tert-OH is 4. The van der Waals surface area contributed by atoms with Gasteiger partial charge in [-0.1, -0.05) is 39.3 Å². The van der Waals surface area contributed by atoms with Gasteiger partial charge < -0.3 is 79.1 Å². The molecule has 3 saturated heterocycles. The highest BCUT2D eigenvalue weighted by Crippen LogP contribution is 2.40. The molecule has 19 heteroatoms. The molecule has 4 heterocycles. The van der Waals surface area contributed by atoms with Crippen molar-refractivity contribution in [2.45, 2.75) is 218 Å². The average molecular weight is 1080 g/mol. The molecule has 0 saturated carbocycles. The van der Waals surface area contributed by atoms with Crippen molar-refractivity contribution < 1.29 is 63.9 Å². The van der Waals surface area contributed by atoms with Crippen molar-refractivity contribution >= 4 is 34.2 Å². The summed E-state index contributed by atoms with van der Waals surface area (Å²) < 4.78 is 37.5. The van der Waals surface area contributed by atoms with Crippen molar-refractivity contribution in [2.75, 3.05) is 66.4 Å². The standard InChI is InChI=1S/C38H72N2O12.C18H26ClN3O/c1-15-27-38(10,46)31(42)24(6)40(13)19-20(2)17-36(8,45)33(52-35-29(41)26(39(11)12)16-21(3)48-35)22(4)30(23(5)34(44)50-27)51-28-18-37(9,47-14)32(43)25(7)49-28;1-3-22(11-12-23)10-4-5-14(2)21-17-8-9-20-18-13-15(19)6-7-16(17)18/h20-33,35,41-43,45-46H,15-19H2,1-14H3;6-9,13-14,23H,3-5,10-12H2,1-2H3,(H,20,21)/t20-,21-,22+,23-,24-,25+,26+,27-,28+,29-,30+,31-,32+,33-,35+,36-,37-,38-;/m1./s1. The summed E-state index contributed by atoms with van der Waals surface area (Å²) in [7, 11) is 7.12. The van der Waals surface area contributed by atoms with Crippen LogP contribution in [0.2, 0.25) is 5.02 Å². The van der Waals surface area contributed by atoms with Crippen LogP contribution in [0.5, 0.6) is 0 Å². The van der Waals surface area contributed by atoms with Crippen LogP contribution in [0.3, 0.4) is 0 Å². The number of halogens is 1. The van der Waals surface area contributed by atoms with Crippen molar-refractivity contribution in [3.05, 3.63) is 35.5 Å². The second-order valence-corrected chi connectivity index (χ2v) is 23.5. The number of nitrogens with zero attached hydrogens (tertiary/aromatic N) is 4. The molecule has 0 spiro atoms. The number of hydrogen-bond acceptors (Lipinski definition) is 18. The van der Waals surface area contributed by atoms with Gasteiger partial charge in [-0.2, -0.15) is 0 Å². The van der Waals surface area contributed by atoms with E-state index < -0.39 is 96.0 Å². The number of methoxy groups -OCH3 is 1. The minimum atomic E-state index is -1.80. The summed E-state index contributed by atoms with van der Waals surface area (Å²) in [5, 5.41) is 72.5. The first kappa shape index (κ1) is 65.2. The highest BCUT2D eigenvalue weighted by molar-refractivity contribution is 6.31. The molecule has 1 aromatic carbocycles. The number of ether oxygens (including phenoxy) is 6. The number of benzene rings is 1. The minimum absolute atomic E-state index is 0.133. The van der Waals surface area contributed by atoms with Crippen LogP contribution in [0.1, 0.15) is 122 Å². The third kappa shape index (κ3) is 17.1. The Kier molecular flexibility index (Phi) is 24.9. The summed E-state index contributed by atoms with van der Waals surface area (Å²) in [5.74, 6) is -2.58. The molecule has 3 fully saturated rings. The number of likely N-dealkylation sites (N-methyl/N-ethyl adjacent to an activating group) is 3. The number of pyridine rings is 1. The van der Waals surface area contributed by atoms with Crippen LogP contribution >= 0.6 is 11.6 Å². The molecule has 5 rings (SSSR count). The first-order chi connectivity index (χ1) is 35.0. The lowest BCUT2D eigenvalue weighted by Crippen LogP contribution is -2.60. The number of aromatic nitrogens is 1. The fraction of sp³-hybridized carbons (Fsp3) is 0.821. The van der Waals surface area contributed by atoms with E-state index in [1.165, 1.54) is 14.0 Å². The molecular weight excluding hydrogens is 986 g/mol. The lowest BCUT2D eigenvalue weighted by molar-refractivity contribution is -0.318. The number of cyclic esters (lactones) is 1. The van der Waals surface area contributed by atoms with Crippen LogP contribution in [0.4, 0.5) is 5.69 Å². The van der Waals surface area contributed by atoms with Crippen molar-refractivity contribution in [1.29, 1.82) is 0 Å². The van der Waals surface area contributed by atoms with E-state index in [0.717, 1.165) is 49.1 Å². The number of nitrogens with one attached hydrogen (secondary N) is 1. The summed E-state index contributed by atoms with van der Waals surface area (Å²) in [6.45, 7) is 25.4. The van der Waals surface area contributed by atoms with Crippen LogP contribution in [0.15, 0.2) is 30.5 Å². The zero-order chi connectivity index (χ0) is 56.3. The molecule has 7 N–H and O–H groups in total. The van der Waals surface area contributed by atoms with Gasteiger partial charge in [0, 0.05) is 73.0 Å². The number of carbonyl (C=O) groups is 1. The van der Waals surface area contributed by atoms with Crippen LogP contribution in [-0.2, 0) is 33.2 Å². The zero-order valence-corrected chi connectivity index (χ0v) is 48.9. The number of esters is 1. The minimum Gasteiger partial charge on any atom is -0.459 e. The van der Waals surface area contributed by atoms with Gasteiger partial charge in [-0.3, -0.25) is 9.78 Å². The van der Waals surface area contributed by atoms with Crippen molar-refractivity contribution in [1.82, 2.24) is 19.7 Å². The first-order valence-corrected chi connectivity index (χ1v) is 27.8. The lowest BCUT2D eigenvalue weighted by Gasteiger charge is -2.48. The number of rotatable bonds is 16. The van der Waals surface area contributed by atoms with Crippen LogP contribution in [0, 0.1) is 17.8 Å². The van der Waals surface area contributed by atoms with Gasteiger partial charge in [0.15, 0.2) is 12.6 Å². The predicted octanol–water partition coefficient (Wildman–Crippen LogP) is 5.68. The Balaban J connectivity index is 0.000000438. The average Bonchev–Trinajstić information content (AvgIpc) is 3.34. The number of carbonyl (C=O) groups excluding carboxylic acids is 1. The maximum Gasteiger partial charge on any atom is 0.311 e. The summed E-state index contributed by atoms with van der Waals surface area (Å²) in [6.07, 6.45) is -4.19. The Morgan fingerprint density at radius 1 is 0.973 bits per heavy atom. The number of fused-ring (bicyclic) bond motifs is 1. The van der Waals surface area contributed by atoms with Crippen molar-refractivity contribution in [3.63, 3.8) is 0 Å². The third-order valence-electron chi connectivity index (χ3n) is 16.3. The zero-order valence-electron chi connectivity index (χ0n) is 48.1. The van der Waals surface area contributed by atoms with Crippen LogP contribution in [-0.4, -0.2) is 214 Å². The van der Waals surface area contributed by atoms with Crippen LogP contribution in [0.25, 0.3) is 10.9 Å². The quantitative estimate of drug-likeness (QED) is 0.100. The molecule has 0 radical (unpaired) electrons. The van der Waals surface area contributed by atoms with Gasteiger partial charge in [0.1, 0.15) is 30.0 Å². The summed E-state index contributed by atoms with van der Waals surface area (Å²) in [4.78, 5) is 24.7. The Labute approximate surface area is 453 Å². The van der Waals surface area contributed by atoms with E-state index in [-0.39, 0.29) is 43.9 Å². The number of hydrogen-bond donors (Lipinski definition) is 7. The maximum atomic E-state index is 14.2. The fourth-order valence-electron chi connectivity index (χ4n) is 11.5. The fourth-order valence-corrected chi connectivity index (χ4v) is 11.7. The molecule has 19 atom stereocenters. The first-order valence-electron chi connectivity index (χ1n) is 27.4. The molecule has 432 valence electrons. The Hall–Kier alpha value is -2.37. The lowest BCUT2D eigenvalue weighted by atomic mass is 9.77. The van der Waals surface area contributed by atoms with Gasteiger partial charge in [0.2, 0.25) is 0 Å². The highest BCUT2D eigenvalue weighted by atomic mass is 35.5. The SMILES string of the molecule is CCN(CCO)CCCC(C)Nc1ccnc2cc(Cl)ccc12.CC[C@H]1OC(=O)[C@H](C)[C@@H](O[C@H]2C[C@@](C)(OC)[C@@H](O)[C@H](C)O2)[C@H](C)[C@@H](O[C@@H]2O[C@H](C)C[C@H](N(C)C)[C@H]2O)[C@](C)(O)C[C@@H](C)CN(C)[C@H](C)[C@@H](O)[C@]1(C)O. The number of anilines is 1. The molecule has 0 amide bonds. The predicted molar refractivity (Wildman–Crippen MR) is 292 cm³/mol. The third-order valence-corrected chi connectivity index (χ3v) is 16.5. The molecule has 3 aliphatic rings. The molecule has 3 aliphatic heterocycles. The van der Waals surface area contributed by atoms with E-state index in [9.17, 15) is 30.3 Å². The number of aliphatic hydroxyl groups is 6. The smallest absolute Gasteiger partial charge is 0.311 e. The van der Waals surface area contributed by atoms with E-state index in [0.29, 0.717) is 24.0 Å². The molecule has 1 aromatic heterocycles. The van der Waals surface area contributed by atoms with Crippen molar-refractivity contribution in [2.24, 2.45) is 17.8 Å². The van der Waals surface area contributed by atoms with Gasteiger partial charge in [-0.25, -0.2) is 0 Å². The Morgan fingerprint density at radius 3 is 2.27 bits per heavy atom.